The van der Waals surface area contributed by atoms with Gasteiger partial charge in [-0.05, 0) is 26.0 Å². The van der Waals surface area contributed by atoms with E-state index in [1.54, 1.807) is 13.8 Å². The lowest BCUT2D eigenvalue weighted by Gasteiger charge is -2.19. The molecule has 0 bridgehead atoms. The van der Waals surface area contributed by atoms with Crippen LogP contribution in [0.15, 0.2) is 23.1 Å². The average molecular weight is 317 g/mol. The fraction of sp³-hybridized carbons (Fsp3) is 0.500. The van der Waals surface area contributed by atoms with Gasteiger partial charge in [-0.2, -0.15) is 0 Å². The summed E-state index contributed by atoms with van der Waals surface area (Å²) in [5.74, 6) is -0.0174. The van der Waals surface area contributed by atoms with E-state index in [1.807, 2.05) is 0 Å². The molecule has 0 saturated carbocycles. The van der Waals surface area contributed by atoms with Crippen molar-refractivity contribution < 1.29 is 18.1 Å². The first kappa shape index (κ1) is 17.3. The Hall–Kier alpha value is -1.71. The number of ether oxygens (including phenoxy) is 1. The summed E-state index contributed by atoms with van der Waals surface area (Å²) in [6, 6.07) is 3.51. The maximum atomic E-state index is 12.0. The van der Waals surface area contributed by atoms with Crippen LogP contribution in [0.2, 0.25) is 0 Å². The average Bonchev–Trinajstić information content (AvgIpc) is 2.34. The zero-order valence-electron chi connectivity index (χ0n) is 12.4. The van der Waals surface area contributed by atoms with Gasteiger partial charge in [-0.3, -0.25) is 10.1 Å². The van der Waals surface area contributed by atoms with Gasteiger partial charge < -0.3 is 10.5 Å². The van der Waals surface area contributed by atoms with E-state index in [0.717, 1.165) is 10.4 Å². The Morgan fingerprint density at radius 1 is 1.38 bits per heavy atom. The third kappa shape index (κ3) is 4.38. The van der Waals surface area contributed by atoms with Crippen LogP contribution in [0.3, 0.4) is 0 Å². The van der Waals surface area contributed by atoms with Crippen molar-refractivity contribution in [3.05, 3.63) is 28.3 Å². The lowest BCUT2D eigenvalue weighted by molar-refractivity contribution is -0.386. The van der Waals surface area contributed by atoms with Gasteiger partial charge in [0.15, 0.2) is 5.75 Å². The van der Waals surface area contributed by atoms with Gasteiger partial charge in [0, 0.05) is 25.7 Å². The number of nitro groups is 1. The number of hydrogen-bond acceptors (Lipinski definition) is 6. The van der Waals surface area contributed by atoms with Crippen molar-refractivity contribution in [3.8, 4) is 5.75 Å². The SMILES string of the molecule is CN(C)S(=O)(=O)c1ccc(OCC(C)(C)N)c([N+](=O)[O-])c1. The summed E-state index contributed by atoms with van der Waals surface area (Å²) in [5.41, 5.74) is 4.67. The number of rotatable bonds is 6. The summed E-state index contributed by atoms with van der Waals surface area (Å²) in [4.78, 5) is 10.2. The van der Waals surface area contributed by atoms with Gasteiger partial charge in [-0.25, -0.2) is 12.7 Å². The van der Waals surface area contributed by atoms with E-state index < -0.39 is 26.2 Å². The molecule has 0 aromatic heterocycles. The summed E-state index contributed by atoms with van der Waals surface area (Å²) in [6.45, 7) is 3.49. The molecule has 1 aromatic carbocycles. The lowest BCUT2D eigenvalue weighted by atomic mass is 10.1. The Kier molecular flexibility index (Phi) is 4.92. The van der Waals surface area contributed by atoms with E-state index in [4.69, 9.17) is 10.5 Å². The molecule has 0 aliphatic rings. The molecule has 0 amide bonds. The minimum Gasteiger partial charge on any atom is -0.485 e. The van der Waals surface area contributed by atoms with E-state index in [1.165, 1.54) is 26.2 Å². The van der Waals surface area contributed by atoms with Crippen LogP contribution in [0.5, 0.6) is 5.75 Å². The highest BCUT2D eigenvalue weighted by Crippen LogP contribution is 2.30. The number of hydrogen-bond donors (Lipinski definition) is 1. The summed E-state index contributed by atoms with van der Waals surface area (Å²) in [6.07, 6.45) is 0. The van der Waals surface area contributed by atoms with Crippen LogP contribution >= 0.6 is 0 Å². The molecule has 0 atom stereocenters. The lowest BCUT2D eigenvalue weighted by Crippen LogP contribution is -2.38. The Bertz CT molecular complexity index is 635. The van der Waals surface area contributed by atoms with Gasteiger partial charge in [0.25, 0.3) is 0 Å². The fourth-order valence-electron chi connectivity index (χ4n) is 1.40. The van der Waals surface area contributed by atoms with Crippen molar-refractivity contribution in [2.45, 2.75) is 24.3 Å². The van der Waals surface area contributed by atoms with Crippen molar-refractivity contribution in [2.75, 3.05) is 20.7 Å². The minimum atomic E-state index is -3.74. The van der Waals surface area contributed by atoms with Crippen molar-refractivity contribution in [1.29, 1.82) is 0 Å². The minimum absolute atomic E-state index is 0.0174. The second kappa shape index (κ2) is 5.96. The number of benzene rings is 1. The summed E-state index contributed by atoms with van der Waals surface area (Å²) < 4.78 is 30.3. The van der Waals surface area contributed by atoms with E-state index in [0.29, 0.717) is 0 Å². The van der Waals surface area contributed by atoms with Crippen LogP contribution in [-0.4, -0.2) is 43.9 Å². The molecular weight excluding hydrogens is 298 g/mol. The molecule has 0 fully saturated rings. The topological polar surface area (TPSA) is 116 Å². The molecule has 0 aliphatic carbocycles. The molecule has 0 radical (unpaired) electrons. The summed E-state index contributed by atoms with van der Waals surface area (Å²) >= 11 is 0. The molecule has 1 rings (SSSR count). The van der Waals surface area contributed by atoms with E-state index in [9.17, 15) is 18.5 Å². The van der Waals surface area contributed by atoms with E-state index in [-0.39, 0.29) is 17.3 Å². The van der Waals surface area contributed by atoms with Crippen molar-refractivity contribution >= 4 is 15.7 Å². The maximum absolute atomic E-state index is 12.0. The molecule has 1 aromatic rings. The maximum Gasteiger partial charge on any atom is 0.312 e. The van der Waals surface area contributed by atoms with Gasteiger partial charge >= 0.3 is 5.69 Å². The number of nitrogens with zero attached hydrogens (tertiary/aromatic N) is 2. The third-order valence-corrected chi connectivity index (χ3v) is 4.32. The largest absolute Gasteiger partial charge is 0.485 e. The Morgan fingerprint density at radius 2 is 1.95 bits per heavy atom. The third-order valence-electron chi connectivity index (χ3n) is 2.51. The zero-order valence-corrected chi connectivity index (χ0v) is 13.2. The molecule has 0 aliphatic heterocycles. The molecule has 0 unspecified atom stereocenters. The standard InChI is InChI=1S/C12H19N3O5S/c1-12(2,13)8-20-11-6-5-9(7-10(11)15(16)17)21(18,19)14(3)4/h5-7H,8,13H2,1-4H3. The first-order chi connectivity index (χ1) is 9.45. The normalized spacial score (nSPS) is 12.5. The first-order valence-electron chi connectivity index (χ1n) is 6.08. The molecule has 9 heteroatoms. The highest BCUT2D eigenvalue weighted by atomic mass is 32.2. The number of nitrogens with two attached hydrogens (primary N) is 1. The summed E-state index contributed by atoms with van der Waals surface area (Å²) in [7, 11) is -1.04. The molecule has 2 N–H and O–H groups in total. The van der Waals surface area contributed by atoms with Gasteiger partial charge in [-0.1, -0.05) is 0 Å². The molecule has 118 valence electrons. The second-order valence-electron chi connectivity index (χ2n) is 5.45. The van der Waals surface area contributed by atoms with Gasteiger partial charge in [0.1, 0.15) is 6.61 Å². The molecular formula is C12H19N3O5S. The smallest absolute Gasteiger partial charge is 0.312 e. The quantitative estimate of drug-likeness (QED) is 0.617. The van der Waals surface area contributed by atoms with E-state index in [2.05, 4.69) is 0 Å². The van der Waals surface area contributed by atoms with Crippen LogP contribution < -0.4 is 10.5 Å². The molecule has 8 nitrogen and oxygen atoms in total. The van der Waals surface area contributed by atoms with Crippen LogP contribution in [0, 0.1) is 10.1 Å². The van der Waals surface area contributed by atoms with Crippen LogP contribution in [0.4, 0.5) is 5.69 Å². The van der Waals surface area contributed by atoms with Gasteiger partial charge in [0.05, 0.1) is 9.82 Å². The summed E-state index contributed by atoms with van der Waals surface area (Å²) in [5, 5.41) is 11.1. The van der Waals surface area contributed by atoms with Crippen LogP contribution in [0.1, 0.15) is 13.8 Å². The predicted octanol–water partition coefficient (Wildman–Crippen LogP) is 0.961. The predicted molar refractivity (Wildman–Crippen MR) is 77.7 cm³/mol. The molecule has 0 saturated heterocycles. The number of sulfonamides is 1. The van der Waals surface area contributed by atoms with Crippen molar-refractivity contribution in [2.24, 2.45) is 5.73 Å². The fourth-order valence-corrected chi connectivity index (χ4v) is 2.32. The number of nitro benzene ring substituents is 1. The Morgan fingerprint density at radius 3 is 2.38 bits per heavy atom. The van der Waals surface area contributed by atoms with Gasteiger partial charge in [-0.15, -0.1) is 0 Å². The second-order valence-corrected chi connectivity index (χ2v) is 7.60. The highest BCUT2D eigenvalue weighted by molar-refractivity contribution is 7.89. The Labute approximate surface area is 123 Å². The zero-order chi connectivity index (χ0) is 16.4. The van der Waals surface area contributed by atoms with Crippen molar-refractivity contribution in [1.82, 2.24) is 4.31 Å². The molecule has 0 heterocycles. The first-order valence-corrected chi connectivity index (χ1v) is 7.52. The Balaban J connectivity index is 3.23. The van der Waals surface area contributed by atoms with Crippen LogP contribution in [-0.2, 0) is 10.0 Å². The van der Waals surface area contributed by atoms with E-state index >= 15 is 0 Å². The highest BCUT2D eigenvalue weighted by Gasteiger charge is 2.24. The van der Waals surface area contributed by atoms with Gasteiger partial charge in [0.2, 0.25) is 10.0 Å². The van der Waals surface area contributed by atoms with Crippen molar-refractivity contribution in [3.63, 3.8) is 0 Å². The van der Waals surface area contributed by atoms with Crippen LogP contribution in [0.25, 0.3) is 0 Å². The molecule has 21 heavy (non-hydrogen) atoms. The monoisotopic (exact) mass is 317 g/mol. The molecule has 0 spiro atoms.